The van der Waals surface area contributed by atoms with Crippen LogP contribution in [0.2, 0.25) is 0 Å². The number of rotatable bonds is 3. The van der Waals surface area contributed by atoms with Crippen molar-refractivity contribution in [3.8, 4) is 0 Å². The smallest absolute Gasteiger partial charge is 0.227 e. The standard InChI is InChI=1S/C17H27N5O2/c1-13-10-16(19-17(18-13)22-4-2-3-5-22)21-8-6-20(7-9-21)14-11-24-12-15(14)23/h10,14-15,23H,2-9,11-12H2,1H3. The van der Waals surface area contributed by atoms with Gasteiger partial charge in [-0.1, -0.05) is 0 Å². The first-order valence-corrected chi connectivity index (χ1v) is 9.06. The van der Waals surface area contributed by atoms with E-state index in [-0.39, 0.29) is 12.1 Å². The highest BCUT2D eigenvalue weighted by atomic mass is 16.5. The van der Waals surface area contributed by atoms with E-state index in [1.165, 1.54) is 12.8 Å². The monoisotopic (exact) mass is 333 g/mol. The predicted octanol–water partition coefficient (Wildman–Crippen LogP) is 0.267. The Morgan fingerprint density at radius 3 is 2.42 bits per heavy atom. The molecule has 0 bridgehead atoms. The first kappa shape index (κ1) is 16.1. The van der Waals surface area contributed by atoms with Crippen molar-refractivity contribution in [1.29, 1.82) is 0 Å². The lowest BCUT2D eigenvalue weighted by molar-refractivity contribution is 0.0784. The van der Waals surface area contributed by atoms with Crippen LogP contribution in [0.5, 0.6) is 0 Å². The first-order chi connectivity index (χ1) is 11.7. The summed E-state index contributed by atoms with van der Waals surface area (Å²) in [5.41, 5.74) is 1.03. The Morgan fingerprint density at radius 2 is 1.75 bits per heavy atom. The molecule has 3 aliphatic rings. The van der Waals surface area contributed by atoms with Gasteiger partial charge in [0.25, 0.3) is 0 Å². The van der Waals surface area contributed by atoms with Crippen molar-refractivity contribution in [3.63, 3.8) is 0 Å². The van der Waals surface area contributed by atoms with E-state index < -0.39 is 0 Å². The molecule has 1 N–H and O–H groups in total. The molecule has 3 fully saturated rings. The largest absolute Gasteiger partial charge is 0.389 e. The number of aryl methyl sites for hydroxylation is 1. The lowest BCUT2D eigenvalue weighted by atomic mass is 10.1. The van der Waals surface area contributed by atoms with E-state index in [2.05, 4.69) is 25.8 Å². The minimum Gasteiger partial charge on any atom is -0.389 e. The number of hydrogen-bond donors (Lipinski definition) is 1. The molecule has 3 saturated heterocycles. The third-order valence-electron chi connectivity index (χ3n) is 5.35. The number of ether oxygens (including phenoxy) is 1. The fourth-order valence-electron chi connectivity index (χ4n) is 3.92. The van der Waals surface area contributed by atoms with Crippen LogP contribution < -0.4 is 9.80 Å². The second kappa shape index (κ2) is 6.82. The molecule has 0 aliphatic carbocycles. The van der Waals surface area contributed by atoms with Gasteiger partial charge in [-0.3, -0.25) is 4.90 Å². The molecule has 4 heterocycles. The molecule has 24 heavy (non-hydrogen) atoms. The van der Waals surface area contributed by atoms with Crippen molar-refractivity contribution >= 4 is 11.8 Å². The molecule has 3 aliphatic heterocycles. The van der Waals surface area contributed by atoms with Gasteiger partial charge < -0.3 is 19.6 Å². The lowest BCUT2D eigenvalue weighted by Crippen LogP contribution is -2.53. The Balaban J connectivity index is 1.43. The SMILES string of the molecule is Cc1cc(N2CCN(C3COCC3O)CC2)nc(N2CCCC2)n1. The molecule has 0 spiro atoms. The highest BCUT2D eigenvalue weighted by Crippen LogP contribution is 2.23. The molecular weight excluding hydrogens is 306 g/mol. The van der Waals surface area contributed by atoms with Gasteiger partial charge in [-0.2, -0.15) is 4.98 Å². The maximum Gasteiger partial charge on any atom is 0.227 e. The Bertz CT molecular complexity index is 570. The van der Waals surface area contributed by atoms with E-state index in [9.17, 15) is 5.11 Å². The summed E-state index contributed by atoms with van der Waals surface area (Å²) >= 11 is 0. The predicted molar refractivity (Wildman–Crippen MR) is 92.6 cm³/mol. The third kappa shape index (κ3) is 3.20. The van der Waals surface area contributed by atoms with Crippen LogP contribution in [-0.2, 0) is 4.74 Å². The lowest BCUT2D eigenvalue weighted by Gasteiger charge is -2.39. The summed E-state index contributed by atoms with van der Waals surface area (Å²) in [4.78, 5) is 16.4. The summed E-state index contributed by atoms with van der Waals surface area (Å²) in [6, 6.07) is 2.24. The van der Waals surface area contributed by atoms with Gasteiger partial charge in [-0.05, 0) is 19.8 Å². The molecule has 7 heteroatoms. The van der Waals surface area contributed by atoms with Gasteiger partial charge in [0.2, 0.25) is 5.95 Å². The van der Waals surface area contributed by atoms with E-state index in [1.807, 2.05) is 6.92 Å². The summed E-state index contributed by atoms with van der Waals surface area (Å²) < 4.78 is 5.39. The van der Waals surface area contributed by atoms with Crippen LogP contribution in [0.3, 0.4) is 0 Å². The van der Waals surface area contributed by atoms with Crippen LogP contribution >= 0.6 is 0 Å². The van der Waals surface area contributed by atoms with Gasteiger partial charge in [0.05, 0.1) is 25.4 Å². The Morgan fingerprint density at radius 1 is 1.00 bits per heavy atom. The summed E-state index contributed by atoms with van der Waals surface area (Å²) in [5.74, 6) is 1.91. The maximum atomic E-state index is 10.0. The van der Waals surface area contributed by atoms with Crippen LogP contribution in [0.4, 0.5) is 11.8 Å². The van der Waals surface area contributed by atoms with Gasteiger partial charge in [0.1, 0.15) is 5.82 Å². The van der Waals surface area contributed by atoms with Gasteiger partial charge in [0.15, 0.2) is 0 Å². The molecule has 4 rings (SSSR count). The zero-order valence-electron chi connectivity index (χ0n) is 14.4. The Labute approximate surface area is 143 Å². The van der Waals surface area contributed by atoms with E-state index in [0.717, 1.165) is 56.7 Å². The summed E-state index contributed by atoms with van der Waals surface area (Å²) in [5, 5.41) is 10.0. The number of anilines is 2. The number of piperazine rings is 1. The third-order valence-corrected chi connectivity index (χ3v) is 5.35. The fourth-order valence-corrected chi connectivity index (χ4v) is 3.92. The van der Waals surface area contributed by atoms with Crippen LogP contribution in [0.1, 0.15) is 18.5 Å². The van der Waals surface area contributed by atoms with Gasteiger partial charge in [-0.15, -0.1) is 0 Å². The van der Waals surface area contributed by atoms with Crippen LogP contribution in [0, 0.1) is 6.92 Å². The number of aliphatic hydroxyl groups excluding tert-OH is 1. The number of aliphatic hydroxyl groups is 1. The van der Waals surface area contributed by atoms with E-state index in [4.69, 9.17) is 9.72 Å². The quantitative estimate of drug-likeness (QED) is 0.851. The zero-order chi connectivity index (χ0) is 16.5. The van der Waals surface area contributed by atoms with Gasteiger partial charge in [0, 0.05) is 51.0 Å². The van der Waals surface area contributed by atoms with Crippen LogP contribution in [0.15, 0.2) is 6.07 Å². The highest BCUT2D eigenvalue weighted by molar-refractivity contribution is 5.46. The van der Waals surface area contributed by atoms with Crippen molar-refractivity contribution in [2.45, 2.75) is 31.9 Å². The van der Waals surface area contributed by atoms with Gasteiger partial charge >= 0.3 is 0 Å². The molecular formula is C17H27N5O2. The van der Waals surface area contributed by atoms with E-state index in [1.54, 1.807) is 0 Å². The summed E-state index contributed by atoms with van der Waals surface area (Å²) in [6.07, 6.45) is 2.12. The number of hydrogen-bond acceptors (Lipinski definition) is 7. The van der Waals surface area contributed by atoms with Crippen LogP contribution in [0.25, 0.3) is 0 Å². The zero-order valence-corrected chi connectivity index (χ0v) is 14.4. The van der Waals surface area contributed by atoms with Crippen molar-refractivity contribution < 1.29 is 9.84 Å². The molecule has 0 amide bonds. The molecule has 1 aromatic heterocycles. The minimum absolute atomic E-state index is 0.152. The van der Waals surface area contributed by atoms with Crippen molar-refractivity contribution in [1.82, 2.24) is 14.9 Å². The topological polar surface area (TPSA) is 65.0 Å². The molecule has 7 nitrogen and oxygen atoms in total. The highest BCUT2D eigenvalue weighted by Gasteiger charge is 2.33. The molecule has 0 saturated carbocycles. The van der Waals surface area contributed by atoms with E-state index >= 15 is 0 Å². The molecule has 2 unspecified atom stereocenters. The molecule has 0 aromatic carbocycles. The normalized spacial score (nSPS) is 28.8. The molecule has 132 valence electrons. The second-order valence-electron chi connectivity index (χ2n) is 7.06. The molecule has 2 atom stereocenters. The van der Waals surface area contributed by atoms with Crippen molar-refractivity contribution in [2.75, 3.05) is 62.3 Å². The second-order valence-corrected chi connectivity index (χ2v) is 7.06. The van der Waals surface area contributed by atoms with Crippen molar-refractivity contribution in [2.24, 2.45) is 0 Å². The fraction of sp³-hybridized carbons (Fsp3) is 0.765. The molecule has 0 radical (unpaired) electrons. The summed E-state index contributed by atoms with van der Waals surface area (Å²) in [6.45, 7) is 9.03. The first-order valence-electron chi connectivity index (χ1n) is 9.06. The minimum atomic E-state index is -0.348. The van der Waals surface area contributed by atoms with Crippen molar-refractivity contribution in [3.05, 3.63) is 11.8 Å². The average molecular weight is 333 g/mol. The van der Waals surface area contributed by atoms with E-state index in [0.29, 0.717) is 13.2 Å². The maximum absolute atomic E-state index is 10.0. The van der Waals surface area contributed by atoms with Gasteiger partial charge in [-0.25, -0.2) is 4.98 Å². The Kier molecular flexibility index (Phi) is 4.56. The average Bonchev–Trinajstić information content (AvgIpc) is 3.26. The number of aromatic nitrogens is 2. The summed E-state index contributed by atoms with van der Waals surface area (Å²) in [7, 11) is 0. The number of nitrogens with zero attached hydrogens (tertiary/aromatic N) is 5. The van der Waals surface area contributed by atoms with Crippen LogP contribution in [-0.4, -0.2) is 84.6 Å². The Hall–Kier alpha value is -1.44. The molecule has 1 aromatic rings.